The van der Waals surface area contributed by atoms with Crippen LogP contribution in [0.3, 0.4) is 0 Å². The maximum absolute atomic E-state index is 3.89. The third-order valence-corrected chi connectivity index (χ3v) is 0. The number of hydrogen-bond donors (Lipinski definition) is 0. The second kappa shape index (κ2) is 68.9. The Balaban J connectivity index is -0.0000000105. The molecule has 0 fully saturated rings. The van der Waals surface area contributed by atoms with E-state index in [2.05, 4.69) is 26.4 Å². The summed E-state index contributed by atoms with van der Waals surface area (Å²) in [6.07, 6.45) is 1.75. The first-order valence-corrected chi connectivity index (χ1v) is 2.82. The van der Waals surface area contributed by atoms with E-state index in [9.17, 15) is 0 Å². The summed E-state index contributed by atoms with van der Waals surface area (Å²) in [5, 5.41) is 0. The fraction of sp³-hybridized carbons (Fsp3) is 0.333. The van der Waals surface area contributed by atoms with Crippen molar-refractivity contribution in [2.45, 2.75) is 6.92 Å². The molecule has 46 valence electrons. The van der Waals surface area contributed by atoms with Gasteiger partial charge in [-0.1, -0.05) is 17.9 Å². The zero-order valence-electron chi connectivity index (χ0n) is 4.01. The van der Waals surface area contributed by atoms with Crippen LogP contribution in [0.2, 0.25) is 0 Å². The molecule has 0 saturated carbocycles. The van der Waals surface area contributed by atoms with E-state index in [0.29, 0.717) is 0 Å². The molecule has 0 aromatic carbocycles. The molecule has 0 aromatic rings. The van der Waals surface area contributed by atoms with Crippen LogP contribution in [0, 0.1) is 0 Å². The number of allylic oxidation sites excluding steroid dienone is 1. The van der Waals surface area contributed by atoms with E-state index in [1.165, 1.54) is 0 Å². The lowest BCUT2D eigenvalue weighted by Crippen LogP contribution is -1.07. The van der Waals surface area contributed by atoms with Crippen molar-refractivity contribution >= 4 is 44.6 Å². The van der Waals surface area contributed by atoms with Gasteiger partial charge in [-0.25, -0.2) is 0 Å². The Morgan fingerprint density at radius 3 is 1.43 bits per heavy atom. The topological polar surface area (TPSA) is 0 Å². The molecule has 0 nitrogen and oxygen atoms in total. The first-order chi connectivity index (χ1) is 2.41. The third kappa shape index (κ3) is 227. The van der Waals surface area contributed by atoms with Crippen molar-refractivity contribution in [1.82, 2.24) is 0 Å². The molecule has 0 spiro atoms. The highest BCUT2D eigenvalue weighted by atomic mass is 35.5. The van der Waals surface area contributed by atoms with Crippen LogP contribution in [-0.2, 0) is 11.8 Å². The van der Waals surface area contributed by atoms with E-state index in [0.717, 1.165) is 0 Å². The van der Waals surface area contributed by atoms with E-state index in [-0.39, 0.29) is 24.8 Å². The van der Waals surface area contributed by atoms with Gasteiger partial charge in [-0.15, -0.1) is 31.4 Å². The van der Waals surface area contributed by atoms with Crippen molar-refractivity contribution in [2.24, 2.45) is 0 Å². The van der Waals surface area contributed by atoms with Crippen molar-refractivity contribution in [3.63, 3.8) is 0 Å². The Kier molecular flexibility index (Phi) is 245. The predicted molar refractivity (Wildman–Crippen MR) is 46.0 cm³/mol. The van der Waals surface area contributed by atoms with E-state index in [1.807, 2.05) is 6.92 Å². The molecular formula is C3H9Cl2PS. The zero-order valence-corrected chi connectivity index (χ0v) is 7.46. The highest BCUT2D eigenvalue weighted by molar-refractivity contribution is 7.88. The maximum atomic E-state index is 3.89. The third-order valence-electron chi connectivity index (χ3n) is 0. The molecule has 0 aromatic heterocycles. The van der Waals surface area contributed by atoms with Gasteiger partial charge in [0, 0.05) is 0 Å². The molecule has 0 aliphatic carbocycles. The summed E-state index contributed by atoms with van der Waals surface area (Å²) in [5.41, 5.74) is 0. The molecule has 0 aliphatic heterocycles. The molecule has 0 N–H and O–H groups in total. The minimum Gasteiger partial charge on any atom is -0.147 e. The van der Waals surface area contributed by atoms with Crippen molar-refractivity contribution in [2.75, 3.05) is 0 Å². The molecule has 0 bridgehead atoms. The van der Waals surface area contributed by atoms with E-state index >= 15 is 0 Å². The molecule has 0 unspecified atom stereocenters. The quantitative estimate of drug-likeness (QED) is 0.406. The van der Waals surface area contributed by atoms with Gasteiger partial charge >= 0.3 is 0 Å². The fourth-order valence-electron chi connectivity index (χ4n) is 0. The molecule has 4 heteroatoms. The summed E-state index contributed by atoms with van der Waals surface area (Å²) < 4.78 is 0. The second-order valence-corrected chi connectivity index (χ2v) is 0.408. The first kappa shape index (κ1) is 24.9. The van der Waals surface area contributed by atoms with Gasteiger partial charge in [0.25, 0.3) is 0 Å². The molecule has 0 rings (SSSR count). The van der Waals surface area contributed by atoms with E-state index in [4.69, 9.17) is 0 Å². The van der Waals surface area contributed by atoms with Gasteiger partial charge in [-0.05, 0) is 14.9 Å². The highest BCUT2D eigenvalue weighted by Gasteiger charge is 1.15. The fourth-order valence-corrected chi connectivity index (χ4v) is 0. The maximum Gasteiger partial charge on any atom is -0.0437 e. The number of halogens is 2. The molecule has 0 amide bonds. The van der Waals surface area contributed by atoms with Crippen LogP contribution < -0.4 is 0 Å². The van der Waals surface area contributed by atoms with Crippen molar-refractivity contribution in [3.8, 4) is 0 Å². The first-order valence-electron chi connectivity index (χ1n) is 1.19. The van der Waals surface area contributed by atoms with Gasteiger partial charge in [-0.2, -0.15) is 0 Å². The molecule has 0 atom stereocenters. The highest BCUT2D eigenvalue weighted by Crippen LogP contribution is 1.38. The number of rotatable bonds is 0. The largest absolute Gasteiger partial charge is 0.147 e. The van der Waals surface area contributed by atoms with Gasteiger partial charge in [0.2, 0.25) is 0 Å². The van der Waals surface area contributed by atoms with Crippen LogP contribution >= 0.6 is 32.8 Å². The summed E-state index contributed by atoms with van der Waals surface area (Å²) in [5.74, 6) is 0. The molecular weight excluding hydrogens is 170 g/mol. The van der Waals surface area contributed by atoms with Crippen molar-refractivity contribution in [1.29, 1.82) is 0 Å². The minimum atomic E-state index is 0. The minimum absolute atomic E-state index is 0. The predicted octanol–water partition coefficient (Wildman–Crippen LogP) is 2.63. The molecule has 0 saturated heterocycles. The lowest BCUT2D eigenvalue weighted by Gasteiger charge is -1.31. The van der Waals surface area contributed by atoms with Crippen LogP contribution in [0.1, 0.15) is 6.92 Å². The Morgan fingerprint density at radius 1 is 1.43 bits per heavy atom. The SMILES string of the molecule is C=CC.Cl.Cl.P=S. The molecule has 0 radical (unpaired) electrons. The summed E-state index contributed by atoms with van der Waals surface area (Å²) in [4.78, 5) is 0. The molecule has 0 aliphatic rings. The number of hydrogen-bond acceptors (Lipinski definition) is 1. The Bertz CT molecular complexity index is 26.9. The van der Waals surface area contributed by atoms with Gasteiger partial charge in [-0.3, -0.25) is 0 Å². The lowest BCUT2D eigenvalue weighted by atomic mass is 10.8. The van der Waals surface area contributed by atoms with Crippen LogP contribution in [0.25, 0.3) is 0 Å². The Labute approximate surface area is 64.5 Å². The Hall–Kier alpha value is 0.840. The van der Waals surface area contributed by atoms with Crippen LogP contribution in [0.15, 0.2) is 12.7 Å². The smallest absolute Gasteiger partial charge is 0.0437 e. The monoisotopic (exact) mass is 178 g/mol. The van der Waals surface area contributed by atoms with Crippen LogP contribution in [0.4, 0.5) is 0 Å². The van der Waals surface area contributed by atoms with Gasteiger partial charge in [0.05, 0.1) is 0 Å². The Morgan fingerprint density at radius 2 is 1.43 bits per heavy atom. The van der Waals surface area contributed by atoms with E-state index < -0.39 is 0 Å². The lowest BCUT2D eigenvalue weighted by molar-refractivity contribution is 1.80. The summed E-state index contributed by atoms with van der Waals surface area (Å²) in [6, 6.07) is 0. The van der Waals surface area contributed by atoms with E-state index in [1.54, 1.807) is 6.08 Å². The standard InChI is InChI=1S/C3H6.2ClH.HPS/c1-3-2;;;1-2/h3H,1H2,2H3;2*1H;1H. The second-order valence-electron chi connectivity index (χ2n) is 0.408. The summed E-state index contributed by atoms with van der Waals surface area (Å²) >= 11 is 3.89. The normalized spacial score (nSPS) is 2.43. The summed E-state index contributed by atoms with van der Waals surface area (Å²) in [7, 11) is 2.56. The zero-order chi connectivity index (χ0) is 4.71. The van der Waals surface area contributed by atoms with Crippen LogP contribution in [-0.4, -0.2) is 0 Å². The van der Waals surface area contributed by atoms with Crippen molar-refractivity contribution in [3.05, 3.63) is 12.7 Å². The molecule has 7 heavy (non-hydrogen) atoms. The average Bonchev–Trinajstić information content (AvgIpc) is 1.46. The van der Waals surface area contributed by atoms with Gasteiger partial charge < -0.3 is 0 Å². The van der Waals surface area contributed by atoms with Crippen LogP contribution in [0.5, 0.6) is 0 Å². The van der Waals surface area contributed by atoms with Gasteiger partial charge in [0.1, 0.15) is 0 Å². The molecule has 0 heterocycles. The average molecular weight is 179 g/mol. The van der Waals surface area contributed by atoms with Gasteiger partial charge in [0.15, 0.2) is 0 Å². The summed E-state index contributed by atoms with van der Waals surface area (Å²) in [6.45, 7) is 5.25. The van der Waals surface area contributed by atoms with Crippen molar-refractivity contribution < 1.29 is 0 Å².